The van der Waals surface area contributed by atoms with Crippen LogP contribution in [0.5, 0.6) is 0 Å². The number of benzene rings is 1. The Labute approximate surface area is 281 Å². The summed E-state index contributed by atoms with van der Waals surface area (Å²) in [5, 5.41) is 6.24. The Bertz CT molecular complexity index is 1160. The Hall–Kier alpha value is -3.27. The molecule has 4 amide bonds. The highest BCUT2D eigenvalue weighted by Crippen LogP contribution is 2.33. The van der Waals surface area contributed by atoms with E-state index >= 15 is 0 Å². The van der Waals surface area contributed by atoms with E-state index in [0.29, 0.717) is 25.3 Å². The van der Waals surface area contributed by atoms with Crippen LogP contribution in [-0.4, -0.2) is 65.0 Å². The summed E-state index contributed by atoms with van der Waals surface area (Å²) in [6.45, 7) is 6.41. The fraction of sp³-hybridized carbons (Fsp3) is 0.703. The molecule has 1 aromatic rings. The fourth-order valence-electron chi connectivity index (χ4n) is 6.88. The number of Topliss-reactive ketones (excluding diaryl/α,β-unsaturated/α-hetero) is 1. The van der Waals surface area contributed by atoms with Crippen molar-refractivity contribution in [2.75, 3.05) is 6.54 Å². The van der Waals surface area contributed by atoms with Gasteiger partial charge in [-0.15, -0.1) is 0 Å². The number of aldehydes is 1. The first kappa shape index (κ1) is 38.2. The van der Waals surface area contributed by atoms with Gasteiger partial charge in [-0.3, -0.25) is 14.4 Å². The van der Waals surface area contributed by atoms with E-state index in [1.165, 1.54) is 44.1 Å². The number of likely N-dealkylation sites (tertiary alicyclic amines) is 1. The predicted octanol–water partition coefficient (Wildman–Crippen LogP) is 4.95. The van der Waals surface area contributed by atoms with Crippen LogP contribution in [0.1, 0.15) is 123 Å². The van der Waals surface area contributed by atoms with Crippen LogP contribution in [0.15, 0.2) is 30.3 Å². The number of primary amides is 1. The van der Waals surface area contributed by atoms with Crippen molar-refractivity contribution in [2.24, 2.45) is 22.8 Å². The third-order valence-corrected chi connectivity index (χ3v) is 9.82. The Kier molecular flexibility index (Phi) is 14.9. The summed E-state index contributed by atoms with van der Waals surface area (Å²) >= 11 is 0. The molecule has 1 aliphatic heterocycles. The van der Waals surface area contributed by atoms with Gasteiger partial charge in [-0.05, 0) is 55.4 Å². The Morgan fingerprint density at radius 1 is 0.915 bits per heavy atom. The first-order chi connectivity index (χ1) is 22.3. The number of rotatable bonds is 10. The van der Waals surface area contributed by atoms with Gasteiger partial charge >= 0.3 is 6.03 Å². The fourth-order valence-corrected chi connectivity index (χ4v) is 6.88. The summed E-state index contributed by atoms with van der Waals surface area (Å²) in [6.07, 6.45) is 18.7. The highest BCUT2D eigenvalue weighted by atomic mass is 16.2. The minimum absolute atomic E-state index is 0.169. The number of nitrogens with zero attached hydrogens (tertiary/aromatic N) is 1. The highest BCUT2D eigenvalue weighted by Gasteiger charge is 2.41. The van der Waals surface area contributed by atoms with E-state index in [-0.39, 0.29) is 23.5 Å². The number of ketones is 1. The molecule has 0 bridgehead atoms. The summed E-state index contributed by atoms with van der Waals surface area (Å²) in [7, 11) is 0. The van der Waals surface area contributed by atoms with Crippen LogP contribution in [0.3, 0.4) is 0 Å². The second-order valence-electron chi connectivity index (χ2n) is 15.1. The molecular weight excluding hydrogens is 594 g/mol. The first-order valence-corrected chi connectivity index (χ1v) is 17.8. The number of nitrogens with one attached hydrogen (secondary N) is 2. The molecule has 6 N–H and O–H groups in total. The predicted molar refractivity (Wildman–Crippen MR) is 184 cm³/mol. The van der Waals surface area contributed by atoms with Crippen LogP contribution < -0.4 is 22.1 Å². The maximum absolute atomic E-state index is 13.3. The lowest BCUT2D eigenvalue weighted by Crippen LogP contribution is -2.61. The summed E-state index contributed by atoms with van der Waals surface area (Å²) in [5.41, 5.74) is 10.6. The van der Waals surface area contributed by atoms with Gasteiger partial charge in [0, 0.05) is 12.1 Å². The van der Waals surface area contributed by atoms with E-state index in [4.69, 9.17) is 11.5 Å². The van der Waals surface area contributed by atoms with Crippen molar-refractivity contribution in [1.29, 1.82) is 0 Å². The van der Waals surface area contributed by atoms with Gasteiger partial charge in [0.2, 0.25) is 11.7 Å². The number of carbonyl (C=O) groups is 5. The lowest BCUT2D eigenvalue weighted by Gasteiger charge is -2.40. The minimum Gasteiger partial charge on any atom is -0.363 e. The standard InChI is InChI=1S/C25H37N3O3.C7H12N2O2.C5H10/c1-24(2,3)21(22(30)28-16-10-13-20(28)18-29)26-23(31)27-25(14-8-5-9-15-25)17-19-11-6-4-7-12-19;8-5(3-4-1-2-4)6(10)7(9)11;1-2-4-5-3-1/h4,6-7,11-12,18,20-21H,5,8-10,13-17H2,1-3H3,(H2,26,27,31);4-5H,1-3,8H2,(H2,9,11);1-5H2. The van der Waals surface area contributed by atoms with Crippen molar-refractivity contribution in [1.82, 2.24) is 15.5 Å². The average Bonchev–Trinajstić information content (AvgIpc) is 3.44. The zero-order valence-corrected chi connectivity index (χ0v) is 28.9. The largest absolute Gasteiger partial charge is 0.363 e. The second kappa shape index (κ2) is 18.3. The number of nitrogens with two attached hydrogens (primary N) is 2. The van der Waals surface area contributed by atoms with E-state index in [1.807, 2.05) is 39.0 Å². The van der Waals surface area contributed by atoms with Crippen LogP contribution in [0.2, 0.25) is 0 Å². The summed E-state index contributed by atoms with van der Waals surface area (Å²) in [6, 6.07) is 8.22. The maximum Gasteiger partial charge on any atom is 0.315 e. The molecule has 10 heteroatoms. The Balaban J connectivity index is 0.000000305. The molecule has 10 nitrogen and oxygen atoms in total. The van der Waals surface area contributed by atoms with Crippen molar-refractivity contribution in [3.05, 3.63) is 35.9 Å². The lowest BCUT2D eigenvalue weighted by atomic mass is 9.77. The summed E-state index contributed by atoms with van der Waals surface area (Å²) < 4.78 is 0. The summed E-state index contributed by atoms with van der Waals surface area (Å²) in [5.74, 6) is -1.18. The number of hydrogen-bond donors (Lipinski definition) is 4. The topological polar surface area (TPSA) is 165 Å². The van der Waals surface area contributed by atoms with Crippen LogP contribution >= 0.6 is 0 Å². The molecule has 3 saturated carbocycles. The molecule has 3 unspecified atom stereocenters. The van der Waals surface area contributed by atoms with Crippen LogP contribution in [-0.2, 0) is 25.6 Å². The Morgan fingerprint density at radius 3 is 2.00 bits per heavy atom. The van der Waals surface area contributed by atoms with E-state index in [2.05, 4.69) is 22.8 Å². The second-order valence-corrected chi connectivity index (χ2v) is 15.1. The molecule has 3 atom stereocenters. The maximum atomic E-state index is 13.3. The van der Waals surface area contributed by atoms with E-state index in [1.54, 1.807) is 4.90 Å². The number of carbonyl (C=O) groups excluding carboxylic acids is 5. The third kappa shape index (κ3) is 12.7. The smallest absolute Gasteiger partial charge is 0.315 e. The molecule has 0 radical (unpaired) electrons. The van der Waals surface area contributed by atoms with Crippen molar-refractivity contribution < 1.29 is 24.0 Å². The van der Waals surface area contributed by atoms with Crippen molar-refractivity contribution in [3.63, 3.8) is 0 Å². The zero-order valence-electron chi connectivity index (χ0n) is 28.9. The SMILES string of the molecule is C1CCCC1.CC(C)(C)C(NC(=O)NC1(Cc2ccccc2)CCCCC1)C(=O)N1CCCC1C=O.NC(=O)C(=O)C(N)CC1CC1. The molecular formula is C37H59N5O5. The molecule has 5 rings (SSSR count). The zero-order chi connectivity index (χ0) is 34.5. The Morgan fingerprint density at radius 2 is 1.49 bits per heavy atom. The van der Waals surface area contributed by atoms with Crippen LogP contribution in [0.25, 0.3) is 0 Å². The van der Waals surface area contributed by atoms with Gasteiger partial charge in [0.05, 0.1) is 12.1 Å². The van der Waals surface area contributed by atoms with E-state index in [0.717, 1.165) is 57.7 Å². The monoisotopic (exact) mass is 653 g/mol. The van der Waals surface area contributed by atoms with Gasteiger partial charge in [-0.1, -0.05) is 115 Å². The molecule has 262 valence electrons. The van der Waals surface area contributed by atoms with Crippen molar-refractivity contribution in [3.8, 4) is 0 Å². The van der Waals surface area contributed by atoms with Gasteiger partial charge in [0.1, 0.15) is 12.3 Å². The lowest BCUT2D eigenvalue weighted by molar-refractivity contribution is -0.138. The van der Waals surface area contributed by atoms with E-state index in [9.17, 15) is 24.0 Å². The van der Waals surface area contributed by atoms with Gasteiger partial charge < -0.3 is 31.8 Å². The quantitative estimate of drug-likeness (QED) is 0.206. The van der Waals surface area contributed by atoms with Crippen molar-refractivity contribution in [2.45, 2.75) is 147 Å². The number of hydrogen-bond acceptors (Lipinski definition) is 6. The average molecular weight is 654 g/mol. The van der Waals surface area contributed by atoms with Gasteiger partial charge in [-0.2, -0.15) is 0 Å². The van der Waals surface area contributed by atoms with Gasteiger partial charge in [0.15, 0.2) is 0 Å². The molecule has 1 aromatic carbocycles. The molecule has 1 heterocycles. The molecule has 1 saturated heterocycles. The van der Waals surface area contributed by atoms with Gasteiger partial charge in [0.25, 0.3) is 5.91 Å². The minimum atomic E-state index is -0.918. The van der Waals surface area contributed by atoms with Crippen molar-refractivity contribution >= 4 is 29.9 Å². The molecule has 4 fully saturated rings. The van der Waals surface area contributed by atoms with Gasteiger partial charge in [-0.25, -0.2) is 4.79 Å². The summed E-state index contributed by atoms with van der Waals surface area (Å²) in [4.78, 5) is 60.6. The molecule has 4 aliphatic rings. The highest BCUT2D eigenvalue weighted by molar-refractivity contribution is 6.37. The molecule has 0 spiro atoms. The molecule has 3 aliphatic carbocycles. The molecule has 47 heavy (non-hydrogen) atoms. The van der Waals surface area contributed by atoms with E-state index < -0.39 is 29.2 Å². The molecule has 0 aromatic heterocycles. The van der Waals surface area contributed by atoms with Crippen LogP contribution in [0.4, 0.5) is 4.79 Å². The third-order valence-electron chi connectivity index (χ3n) is 9.82. The number of urea groups is 1. The van der Waals surface area contributed by atoms with Crippen LogP contribution in [0, 0.1) is 11.3 Å². The normalized spacial score (nSPS) is 21.5. The number of amides is 4. The first-order valence-electron chi connectivity index (χ1n) is 17.8.